The summed E-state index contributed by atoms with van der Waals surface area (Å²) in [6.07, 6.45) is -0.0517. The van der Waals surface area contributed by atoms with Gasteiger partial charge in [-0.1, -0.05) is 0 Å². The number of unbranched alkanes of at least 4 members (excludes halogenated alkanes) is 1. The van der Waals surface area contributed by atoms with Crippen molar-refractivity contribution >= 4 is 110 Å². The molecule has 0 fully saturated rings. The third-order valence-corrected chi connectivity index (χ3v) is 9.57. The fourth-order valence-electron chi connectivity index (χ4n) is 4.53. The van der Waals surface area contributed by atoms with Crippen LogP contribution in [0.15, 0.2) is 0 Å². The average molecular weight is 901 g/mol. The molecule has 330 valence electrons. The minimum absolute atomic E-state index is 0.00304. The van der Waals surface area contributed by atoms with Crippen molar-refractivity contribution in [3.8, 4) is 0 Å². The van der Waals surface area contributed by atoms with Crippen LogP contribution >= 0.6 is 50.5 Å². The third-order valence-electron chi connectivity index (χ3n) is 8.08. The van der Waals surface area contributed by atoms with Crippen molar-refractivity contribution in [3.05, 3.63) is 0 Å². The summed E-state index contributed by atoms with van der Waals surface area (Å²) in [5.74, 6) is -10.0. The maximum absolute atomic E-state index is 13.3. The molecule has 0 bridgehead atoms. The van der Waals surface area contributed by atoms with Gasteiger partial charge in [0.05, 0.1) is 6.04 Å². The van der Waals surface area contributed by atoms with Crippen LogP contribution in [-0.4, -0.2) is 153 Å². The molecule has 0 radical (unpaired) electrons. The monoisotopic (exact) mass is 900 g/mol. The molecular weight excluding hydrogens is 845 g/mol. The molecule has 0 aliphatic rings. The molecule has 8 amide bonds. The second-order valence-electron chi connectivity index (χ2n) is 12.9. The number of nitrogens with one attached hydrogen (secondary N) is 8. The van der Waals surface area contributed by atoms with Crippen molar-refractivity contribution in [2.24, 2.45) is 11.5 Å². The number of nitrogens with two attached hydrogens (primary N) is 2. The van der Waals surface area contributed by atoms with Crippen LogP contribution in [-0.2, 0) is 47.9 Å². The summed E-state index contributed by atoms with van der Waals surface area (Å²) in [7, 11) is 0. The van der Waals surface area contributed by atoms with Crippen molar-refractivity contribution in [1.82, 2.24) is 42.5 Å². The minimum atomic E-state index is -1.52. The van der Waals surface area contributed by atoms with Crippen molar-refractivity contribution < 1.29 is 58.2 Å². The number of rotatable bonds is 28. The predicted molar refractivity (Wildman–Crippen MR) is 223 cm³/mol. The molecule has 0 unspecified atom stereocenters. The number of carbonyl (C=O) groups is 10. The van der Waals surface area contributed by atoms with Crippen LogP contribution in [0.3, 0.4) is 0 Å². The SMILES string of the molecule is C[C@H](NC(=O)[C@H](C)NC(=O)[C@H](CCC(=O)O)NC(=O)[C@H](C)NC(=O)[C@H](CCCCN)NC(=O)[C@H](CS)NC(=O)[C@@H](N)CS)C(=O)N[C@@H](CS)C(=O)N[C@@H](CS)C(=O)O. The van der Waals surface area contributed by atoms with Gasteiger partial charge in [-0.25, -0.2) is 4.79 Å². The Bertz CT molecular complexity index is 1470. The van der Waals surface area contributed by atoms with E-state index in [1.807, 2.05) is 0 Å². The lowest BCUT2D eigenvalue weighted by molar-refractivity contribution is -0.141. The van der Waals surface area contributed by atoms with Gasteiger partial charge in [0, 0.05) is 29.4 Å². The molecule has 0 aliphatic heterocycles. The molecule has 0 aliphatic carbocycles. The zero-order valence-corrected chi connectivity index (χ0v) is 35.8. The van der Waals surface area contributed by atoms with Crippen molar-refractivity contribution in [2.75, 3.05) is 29.6 Å². The first-order valence-corrected chi connectivity index (χ1v) is 20.5. The molecular formula is C32H56N10O12S4. The number of thiol groups is 4. The zero-order chi connectivity index (χ0) is 44.7. The predicted octanol–water partition coefficient (Wildman–Crippen LogP) is -4.95. The summed E-state index contributed by atoms with van der Waals surface area (Å²) in [5, 5.41) is 37.3. The van der Waals surface area contributed by atoms with Gasteiger partial charge in [0.1, 0.15) is 48.3 Å². The number of aliphatic carboxylic acids is 2. The molecule has 0 saturated carbocycles. The van der Waals surface area contributed by atoms with E-state index in [0.717, 1.165) is 0 Å². The Morgan fingerprint density at radius 3 is 1.21 bits per heavy atom. The molecule has 14 N–H and O–H groups in total. The first-order valence-electron chi connectivity index (χ1n) is 17.9. The van der Waals surface area contributed by atoms with Gasteiger partial charge in [-0.05, 0) is 53.0 Å². The Balaban J connectivity index is 5.68. The maximum Gasteiger partial charge on any atom is 0.327 e. The smallest absolute Gasteiger partial charge is 0.327 e. The van der Waals surface area contributed by atoms with Gasteiger partial charge >= 0.3 is 11.9 Å². The van der Waals surface area contributed by atoms with Gasteiger partial charge in [-0.2, -0.15) is 50.5 Å². The second-order valence-corrected chi connectivity index (χ2v) is 14.3. The molecule has 0 aromatic rings. The van der Waals surface area contributed by atoms with Gasteiger partial charge in [0.2, 0.25) is 47.3 Å². The quantitative estimate of drug-likeness (QED) is 0.0259. The number of hydrogen-bond donors (Lipinski definition) is 16. The van der Waals surface area contributed by atoms with E-state index < -0.39 is 126 Å². The van der Waals surface area contributed by atoms with E-state index in [1.165, 1.54) is 20.8 Å². The van der Waals surface area contributed by atoms with Crippen LogP contribution in [0.5, 0.6) is 0 Å². The van der Waals surface area contributed by atoms with E-state index in [-0.39, 0.29) is 29.4 Å². The molecule has 26 heteroatoms. The Morgan fingerprint density at radius 1 is 0.466 bits per heavy atom. The van der Waals surface area contributed by atoms with E-state index in [9.17, 15) is 53.1 Å². The molecule has 0 saturated heterocycles. The molecule has 9 atom stereocenters. The first-order chi connectivity index (χ1) is 27.2. The molecule has 0 heterocycles. The summed E-state index contributed by atoms with van der Waals surface area (Å²) in [6, 6.07) is -11.5. The van der Waals surface area contributed by atoms with Crippen LogP contribution in [0, 0.1) is 0 Å². The number of carbonyl (C=O) groups excluding carboxylic acids is 8. The number of hydrogen-bond acceptors (Lipinski definition) is 16. The van der Waals surface area contributed by atoms with Gasteiger partial charge in [-0.3, -0.25) is 43.2 Å². The summed E-state index contributed by atoms with van der Waals surface area (Å²) >= 11 is 15.9. The maximum atomic E-state index is 13.3. The lowest BCUT2D eigenvalue weighted by Gasteiger charge is -2.26. The average Bonchev–Trinajstić information content (AvgIpc) is 3.17. The van der Waals surface area contributed by atoms with Crippen LogP contribution in [0.25, 0.3) is 0 Å². The lowest BCUT2D eigenvalue weighted by atomic mass is 10.1. The summed E-state index contributed by atoms with van der Waals surface area (Å²) in [4.78, 5) is 126. The molecule has 0 aromatic carbocycles. The van der Waals surface area contributed by atoms with Crippen LogP contribution in [0.2, 0.25) is 0 Å². The highest BCUT2D eigenvalue weighted by Gasteiger charge is 2.32. The number of amides is 8. The van der Waals surface area contributed by atoms with Gasteiger partial charge < -0.3 is 64.2 Å². The van der Waals surface area contributed by atoms with E-state index in [4.69, 9.17) is 16.6 Å². The Labute approximate surface area is 357 Å². The van der Waals surface area contributed by atoms with Gasteiger partial charge in [-0.15, -0.1) is 0 Å². The second kappa shape index (κ2) is 28.4. The van der Waals surface area contributed by atoms with E-state index in [0.29, 0.717) is 19.4 Å². The normalized spacial score (nSPS) is 15.5. The summed E-state index contributed by atoms with van der Waals surface area (Å²) in [5.41, 5.74) is 11.2. The van der Waals surface area contributed by atoms with Gasteiger partial charge in [0.25, 0.3) is 0 Å². The fraction of sp³-hybridized carbons (Fsp3) is 0.688. The summed E-state index contributed by atoms with van der Waals surface area (Å²) < 4.78 is 0. The van der Waals surface area contributed by atoms with Crippen LogP contribution in [0.4, 0.5) is 0 Å². The molecule has 22 nitrogen and oxygen atoms in total. The topological polar surface area (TPSA) is 359 Å². The minimum Gasteiger partial charge on any atom is -0.481 e. The lowest BCUT2D eigenvalue weighted by Crippen LogP contribution is -2.59. The Hall–Kier alpha value is -3.98. The molecule has 0 aromatic heterocycles. The largest absolute Gasteiger partial charge is 0.481 e. The van der Waals surface area contributed by atoms with Crippen molar-refractivity contribution in [2.45, 2.75) is 107 Å². The highest BCUT2D eigenvalue weighted by molar-refractivity contribution is 7.80. The Morgan fingerprint density at radius 2 is 0.810 bits per heavy atom. The fourth-order valence-corrected chi connectivity index (χ4v) is 5.46. The third kappa shape index (κ3) is 20.1. The van der Waals surface area contributed by atoms with E-state index in [2.05, 4.69) is 93.0 Å². The van der Waals surface area contributed by atoms with Gasteiger partial charge in [0.15, 0.2) is 0 Å². The van der Waals surface area contributed by atoms with Crippen LogP contribution in [0.1, 0.15) is 52.9 Å². The molecule has 58 heavy (non-hydrogen) atoms. The molecule has 0 spiro atoms. The van der Waals surface area contributed by atoms with Crippen LogP contribution < -0.4 is 54.0 Å². The Kier molecular flexibility index (Phi) is 26.5. The van der Waals surface area contributed by atoms with E-state index >= 15 is 0 Å². The highest BCUT2D eigenvalue weighted by Crippen LogP contribution is 2.05. The van der Waals surface area contributed by atoms with E-state index in [1.54, 1.807) is 0 Å². The summed E-state index contributed by atoms with van der Waals surface area (Å²) in [6.45, 7) is 4.06. The standard InChI is InChI=1S/C32H56N10O12S4/c1-14(24(45)35-15(2)26(47)40-20(11-56)31(52)42-22(13-58)32(53)54)36-29(50)19(7-8-23(43)44)38-25(46)16(3)37-28(49)18(6-4-5-9-33)39-30(51)21(12-57)41-27(48)17(34)10-55/h14-22,55-58H,4-13,33-34H2,1-3H3,(H,35,45)(H,36,50)(H,37,49)(H,38,46)(H,39,51)(H,40,47)(H,41,48)(H,42,52)(H,43,44)(H,53,54)/t14-,15-,16-,17-,18-,19-,20-,21-,22-/m0/s1. The zero-order valence-electron chi connectivity index (χ0n) is 32.2. The molecule has 0 rings (SSSR count). The van der Waals surface area contributed by atoms with Crippen molar-refractivity contribution in [3.63, 3.8) is 0 Å². The van der Waals surface area contributed by atoms with Crippen molar-refractivity contribution in [1.29, 1.82) is 0 Å². The first kappa shape index (κ1) is 54.0. The number of carboxylic acid groups (broad SMARTS) is 2. The number of carboxylic acids is 2. The highest BCUT2D eigenvalue weighted by atomic mass is 32.1.